The Morgan fingerprint density at radius 1 is 1.53 bits per heavy atom. The number of aromatic nitrogens is 1. The van der Waals surface area contributed by atoms with Crippen LogP contribution in [-0.2, 0) is 7.05 Å². The van der Waals surface area contributed by atoms with E-state index >= 15 is 0 Å². The first kappa shape index (κ1) is 11.3. The Morgan fingerprint density at radius 2 is 2.24 bits per heavy atom. The molecule has 1 unspecified atom stereocenters. The van der Waals surface area contributed by atoms with Gasteiger partial charge in [0, 0.05) is 25.8 Å². The standard InChI is InChI=1S/C12H13N3O2/c1-8(7-13)14(2)9-4-5-10-11(6-9)17-12(16)15(10)3/h4-6,8H,1-3H3. The second-order valence-corrected chi connectivity index (χ2v) is 3.99. The zero-order valence-electron chi connectivity index (χ0n) is 9.97. The van der Waals surface area contributed by atoms with Gasteiger partial charge in [0.05, 0.1) is 11.6 Å². The van der Waals surface area contributed by atoms with Crippen LogP contribution < -0.4 is 10.7 Å². The van der Waals surface area contributed by atoms with Crippen molar-refractivity contribution in [2.24, 2.45) is 7.05 Å². The van der Waals surface area contributed by atoms with Crippen molar-refractivity contribution in [2.45, 2.75) is 13.0 Å². The molecule has 2 aromatic rings. The molecule has 0 N–H and O–H groups in total. The summed E-state index contributed by atoms with van der Waals surface area (Å²) in [7, 11) is 3.49. The number of nitriles is 1. The summed E-state index contributed by atoms with van der Waals surface area (Å²) in [5.41, 5.74) is 2.13. The third-order valence-electron chi connectivity index (χ3n) is 2.95. The molecule has 0 fully saturated rings. The lowest BCUT2D eigenvalue weighted by Gasteiger charge is -2.21. The Morgan fingerprint density at radius 3 is 2.88 bits per heavy atom. The van der Waals surface area contributed by atoms with Gasteiger partial charge in [-0.1, -0.05) is 0 Å². The Kier molecular flexibility index (Phi) is 2.64. The second-order valence-electron chi connectivity index (χ2n) is 3.99. The van der Waals surface area contributed by atoms with Crippen LogP contribution in [0, 0.1) is 11.3 Å². The minimum atomic E-state index is -0.381. The van der Waals surface area contributed by atoms with E-state index in [1.807, 2.05) is 31.0 Å². The minimum absolute atomic E-state index is 0.233. The minimum Gasteiger partial charge on any atom is -0.408 e. The molecule has 1 aromatic heterocycles. The van der Waals surface area contributed by atoms with Crippen LogP contribution in [0.15, 0.2) is 27.4 Å². The average Bonchev–Trinajstić information content (AvgIpc) is 2.62. The van der Waals surface area contributed by atoms with E-state index in [1.54, 1.807) is 13.1 Å². The van der Waals surface area contributed by atoms with E-state index in [-0.39, 0.29) is 11.8 Å². The van der Waals surface area contributed by atoms with E-state index in [0.717, 1.165) is 11.2 Å². The number of hydrogen-bond donors (Lipinski definition) is 0. The van der Waals surface area contributed by atoms with Crippen molar-refractivity contribution in [1.29, 1.82) is 5.26 Å². The molecule has 5 nitrogen and oxygen atoms in total. The van der Waals surface area contributed by atoms with Crippen LogP contribution in [0.5, 0.6) is 0 Å². The maximum Gasteiger partial charge on any atom is 0.419 e. The maximum absolute atomic E-state index is 11.3. The topological polar surface area (TPSA) is 62.2 Å². The van der Waals surface area contributed by atoms with Gasteiger partial charge in [-0.15, -0.1) is 0 Å². The van der Waals surface area contributed by atoms with E-state index < -0.39 is 0 Å². The second kappa shape index (κ2) is 3.98. The lowest BCUT2D eigenvalue weighted by atomic mass is 10.2. The van der Waals surface area contributed by atoms with Gasteiger partial charge in [0.1, 0.15) is 6.04 Å². The van der Waals surface area contributed by atoms with Crippen LogP contribution in [-0.4, -0.2) is 17.7 Å². The molecule has 0 saturated carbocycles. The number of aryl methyl sites for hydroxylation is 1. The first-order valence-corrected chi connectivity index (χ1v) is 5.26. The molecular weight excluding hydrogens is 218 g/mol. The Labute approximate surface area is 98.5 Å². The lowest BCUT2D eigenvalue weighted by molar-refractivity contribution is 0.528. The largest absolute Gasteiger partial charge is 0.419 e. The predicted octanol–water partition coefficient (Wildman–Crippen LogP) is 1.48. The smallest absolute Gasteiger partial charge is 0.408 e. The molecule has 88 valence electrons. The van der Waals surface area contributed by atoms with E-state index in [4.69, 9.17) is 9.68 Å². The number of anilines is 1. The summed E-state index contributed by atoms with van der Waals surface area (Å²) in [5, 5.41) is 8.86. The van der Waals surface area contributed by atoms with Crippen molar-refractivity contribution in [3.8, 4) is 6.07 Å². The van der Waals surface area contributed by atoms with Crippen LogP contribution in [0.3, 0.4) is 0 Å². The average molecular weight is 231 g/mol. The van der Waals surface area contributed by atoms with Gasteiger partial charge in [-0.05, 0) is 19.1 Å². The fourth-order valence-electron chi connectivity index (χ4n) is 1.65. The number of hydrogen-bond acceptors (Lipinski definition) is 4. The van der Waals surface area contributed by atoms with Crippen molar-refractivity contribution in [3.05, 3.63) is 28.7 Å². The third-order valence-corrected chi connectivity index (χ3v) is 2.95. The monoisotopic (exact) mass is 231 g/mol. The first-order chi connectivity index (χ1) is 8.04. The third kappa shape index (κ3) is 1.78. The van der Waals surface area contributed by atoms with E-state index in [2.05, 4.69) is 6.07 Å². The Hall–Kier alpha value is -2.22. The Bertz CT molecular complexity index is 648. The Balaban J connectivity index is 2.53. The molecule has 0 spiro atoms. The van der Waals surface area contributed by atoms with Gasteiger partial charge in [-0.3, -0.25) is 4.57 Å². The van der Waals surface area contributed by atoms with Gasteiger partial charge >= 0.3 is 5.76 Å². The normalized spacial score (nSPS) is 12.4. The molecule has 1 heterocycles. The van der Waals surface area contributed by atoms with Crippen molar-refractivity contribution >= 4 is 16.8 Å². The van der Waals surface area contributed by atoms with Gasteiger partial charge < -0.3 is 9.32 Å². The molecule has 0 radical (unpaired) electrons. The van der Waals surface area contributed by atoms with Crippen molar-refractivity contribution < 1.29 is 4.42 Å². The molecule has 0 aliphatic heterocycles. The molecule has 2 rings (SSSR count). The van der Waals surface area contributed by atoms with Crippen molar-refractivity contribution in [2.75, 3.05) is 11.9 Å². The first-order valence-electron chi connectivity index (χ1n) is 5.26. The molecule has 0 bridgehead atoms. The summed E-state index contributed by atoms with van der Waals surface area (Å²) in [6.07, 6.45) is 0. The highest BCUT2D eigenvalue weighted by Crippen LogP contribution is 2.21. The zero-order chi connectivity index (χ0) is 12.6. The molecule has 1 aromatic carbocycles. The number of benzene rings is 1. The zero-order valence-corrected chi connectivity index (χ0v) is 9.97. The quantitative estimate of drug-likeness (QED) is 0.785. The summed E-state index contributed by atoms with van der Waals surface area (Å²) in [5.74, 6) is -0.381. The maximum atomic E-state index is 11.3. The highest BCUT2D eigenvalue weighted by Gasteiger charge is 2.12. The molecule has 0 amide bonds. The number of nitrogens with zero attached hydrogens (tertiary/aromatic N) is 3. The lowest BCUT2D eigenvalue weighted by Crippen LogP contribution is -2.26. The van der Waals surface area contributed by atoms with Crippen LogP contribution in [0.2, 0.25) is 0 Å². The van der Waals surface area contributed by atoms with E-state index in [0.29, 0.717) is 5.58 Å². The molecule has 5 heteroatoms. The highest BCUT2D eigenvalue weighted by atomic mass is 16.4. The summed E-state index contributed by atoms with van der Waals surface area (Å²) in [6, 6.07) is 7.37. The summed E-state index contributed by atoms with van der Waals surface area (Å²) >= 11 is 0. The predicted molar refractivity (Wildman–Crippen MR) is 64.9 cm³/mol. The summed E-state index contributed by atoms with van der Waals surface area (Å²) in [4.78, 5) is 13.2. The van der Waals surface area contributed by atoms with Gasteiger partial charge in [0.25, 0.3) is 0 Å². The van der Waals surface area contributed by atoms with E-state index in [1.165, 1.54) is 4.57 Å². The van der Waals surface area contributed by atoms with Gasteiger partial charge in [0.15, 0.2) is 5.58 Å². The van der Waals surface area contributed by atoms with E-state index in [9.17, 15) is 4.79 Å². The SMILES string of the molecule is CC(C#N)N(C)c1ccc2c(c1)oc(=O)n2C. The molecule has 1 atom stereocenters. The van der Waals surface area contributed by atoms with Crippen LogP contribution >= 0.6 is 0 Å². The van der Waals surface area contributed by atoms with Gasteiger partial charge in [0.2, 0.25) is 0 Å². The fraction of sp³-hybridized carbons (Fsp3) is 0.333. The van der Waals surface area contributed by atoms with Crippen LogP contribution in [0.4, 0.5) is 5.69 Å². The molecular formula is C12H13N3O2. The number of fused-ring (bicyclic) bond motifs is 1. The van der Waals surface area contributed by atoms with Crippen molar-refractivity contribution in [1.82, 2.24) is 4.57 Å². The van der Waals surface area contributed by atoms with Gasteiger partial charge in [-0.2, -0.15) is 5.26 Å². The molecule has 0 aliphatic rings. The summed E-state index contributed by atoms with van der Waals surface area (Å²) < 4.78 is 6.55. The molecule has 17 heavy (non-hydrogen) atoms. The van der Waals surface area contributed by atoms with Crippen LogP contribution in [0.25, 0.3) is 11.1 Å². The number of oxazole rings is 1. The fourth-order valence-corrected chi connectivity index (χ4v) is 1.65. The van der Waals surface area contributed by atoms with Gasteiger partial charge in [-0.25, -0.2) is 4.79 Å². The highest BCUT2D eigenvalue weighted by molar-refractivity contribution is 5.77. The number of rotatable bonds is 2. The molecule has 0 saturated heterocycles. The van der Waals surface area contributed by atoms with Crippen LogP contribution in [0.1, 0.15) is 6.92 Å². The molecule has 0 aliphatic carbocycles. The van der Waals surface area contributed by atoms with Crippen molar-refractivity contribution in [3.63, 3.8) is 0 Å². The summed E-state index contributed by atoms with van der Waals surface area (Å²) in [6.45, 7) is 1.81.